The first kappa shape index (κ1) is 16.8. The summed E-state index contributed by atoms with van der Waals surface area (Å²) in [6, 6.07) is 11.6. The topological polar surface area (TPSA) is 76.7 Å². The number of benzene rings is 2. The van der Waals surface area contributed by atoms with Gasteiger partial charge < -0.3 is 14.3 Å². The lowest BCUT2D eigenvalue weighted by molar-refractivity contribution is 0.0473. The van der Waals surface area contributed by atoms with Crippen LogP contribution in [0.5, 0.6) is 5.75 Å². The molecule has 1 heterocycles. The Bertz CT molecular complexity index is 1000. The molecule has 0 radical (unpaired) electrons. The van der Waals surface area contributed by atoms with Gasteiger partial charge in [-0.1, -0.05) is 25.1 Å². The SMILES string of the molecule is CCc1cc2c(COC(=O)c3ccccc3C)cc(=O)oc2cc1O. The zero-order valence-electron chi connectivity index (χ0n) is 14.0. The number of carbonyl (C=O) groups is 1. The van der Waals surface area contributed by atoms with Crippen molar-refractivity contribution in [1.29, 1.82) is 0 Å². The van der Waals surface area contributed by atoms with Crippen LogP contribution in [0.2, 0.25) is 0 Å². The van der Waals surface area contributed by atoms with Crippen LogP contribution in [-0.4, -0.2) is 11.1 Å². The molecule has 25 heavy (non-hydrogen) atoms. The minimum absolute atomic E-state index is 0.0524. The van der Waals surface area contributed by atoms with Crippen LogP contribution in [0, 0.1) is 6.92 Å². The molecular formula is C20H18O5. The van der Waals surface area contributed by atoms with E-state index in [0.717, 1.165) is 11.1 Å². The number of esters is 1. The van der Waals surface area contributed by atoms with Gasteiger partial charge in [0.1, 0.15) is 17.9 Å². The summed E-state index contributed by atoms with van der Waals surface area (Å²) in [5.74, 6) is -0.374. The summed E-state index contributed by atoms with van der Waals surface area (Å²) in [4.78, 5) is 24.0. The first-order chi connectivity index (χ1) is 12.0. The Kier molecular flexibility index (Phi) is 4.57. The number of ether oxygens (including phenoxy) is 1. The molecule has 1 aromatic heterocycles. The normalized spacial score (nSPS) is 10.8. The van der Waals surface area contributed by atoms with Crippen molar-refractivity contribution >= 4 is 16.9 Å². The lowest BCUT2D eigenvalue weighted by atomic mass is 10.0. The molecule has 3 rings (SSSR count). The van der Waals surface area contributed by atoms with Crippen LogP contribution in [0.4, 0.5) is 0 Å². The van der Waals surface area contributed by atoms with Crippen LogP contribution in [0.25, 0.3) is 11.0 Å². The number of aromatic hydroxyl groups is 1. The summed E-state index contributed by atoms with van der Waals surface area (Å²) < 4.78 is 10.5. The van der Waals surface area contributed by atoms with Gasteiger partial charge in [0, 0.05) is 23.1 Å². The molecule has 0 amide bonds. The van der Waals surface area contributed by atoms with E-state index in [0.29, 0.717) is 22.9 Å². The number of phenolic OH excluding ortho intramolecular Hbond substituents is 1. The van der Waals surface area contributed by atoms with E-state index < -0.39 is 11.6 Å². The first-order valence-corrected chi connectivity index (χ1v) is 8.01. The maximum absolute atomic E-state index is 12.3. The number of hydrogen-bond donors (Lipinski definition) is 1. The average molecular weight is 338 g/mol. The van der Waals surface area contributed by atoms with Gasteiger partial charge in [0.2, 0.25) is 0 Å². The standard InChI is InChI=1S/C20H18O5/c1-3-13-8-16-14(9-19(22)25-18(16)10-17(13)21)11-24-20(23)15-7-5-4-6-12(15)2/h4-10,21H,3,11H2,1-2H3. The van der Waals surface area contributed by atoms with Crippen LogP contribution in [-0.2, 0) is 17.8 Å². The summed E-state index contributed by atoms with van der Waals surface area (Å²) in [5, 5.41) is 10.6. The Balaban J connectivity index is 1.94. The van der Waals surface area contributed by atoms with Crippen molar-refractivity contribution in [2.75, 3.05) is 0 Å². The molecule has 0 fully saturated rings. The summed E-state index contributed by atoms with van der Waals surface area (Å²) in [5.41, 5.74) is 2.29. The number of aryl methyl sites for hydroxylation is 2. The molecule has 128 valence electrons. The van der Waals surface area contributed by atoms with E-state index in [4.69, 9.17) is 9.15 Å². The van der Waals surface area contributed by atoms with E-state index in [1.54, 1.807) is 18.2 Å². The third-order valence-electron chi connectivity index (χ3n) is 4.13. The van der Waals surface area contributed by atoms with E-state index in [-0.39, 0.29) is 17.9 Å². The van der Waals surface area contributed by atoms with Crippen LogP contribution < -0.4 is 5.63 Å². The highest BCUT2D eigenvalue weighted by Gasteiger charge is 2.14. The zero-order chi connectivity index (χ0) is 18.0. The molecule has 5 nitrogen and oxygen atoms in total. The van der Waals surface area contributed by atoms with Gasteiger partial charge in [0.05, 0.1) is 5.56 Å². The number of phenols is 1. The molecule has 0 unspecified atom stereocenters. The Hall–Kier alpha value is -3.08. The van der Waals surface area contributed by atoms with Gasteiger partial charge in [-0.05, 0) is 36.6 Å². The molecule has 1 N–H and O–H groups in total. The first-order valence-electron chi connectivity index (χ1n) is 8.01. The average Bonchev–Trinajstić information content (AvgIpc) is 2.59. The predicted octanol–water partition coefficient (Wildman–Crippen LogP) is 3.73. The van der Waals surface area contributed by atoms with Gasteiger partial charge in [-0.15, -0.1) is 0 Å². The second-order valence-electron chi connectivity index (χ2n) is 5.81. The Labute approximate surface area is 144 Å². The Morgan fingerprint density at radius 1 is 1.16 bits per heavy atom. The maximum Gasteiger partial charge on any atom is 0.338 e. The minimum Gasteiger partial charge on any atom is -0.508 e. The predicted molar refractivity (Wildman–Crippen MR) is 93.8 cm³/mol. The highest BCUT2D eigenvalue weighted by molar-refractivity contribution is 5.91. The molecular weight excluding hydrogens is 320 g/mol. The largest absolute Gasteiger partial charge is 0.508 e. The van der Waals surface area contributed by atoms with Gasteiger partial charge in [0.15, 0.2) is 0 Å². The lowest BCUT2D eigenvalue weighted by Gasteiger charge is -2.10. The molecule has 3 aromatic rings. The molecule has 0 saturated heterocycles. The second-order valence-corrected chi connectivity index (χ2v) is 5.81. The summed E-state index contributed by atoms with van der Waals surface area (Å²) in [6.07, 6.45) is 0.628. The number of rotatable bonds is 4. The van der Waals surface area contributed by atoms with Crippen molar-refractivity contribution < 1.29 is 19.1 Å². The summed E-state index contributed by atoms with van der Waals surface area (Å²) in [7, 11) is 0. The van der Waals surface area contributed by atoms with Crippen molar-refractivity contribution in [1.82, 2.24) is 0 Å². The van der Waals surface area contributed by atoms with E-state index in [9.17, 15) is 14.7 Å². The van der Waals surface area contributed by atoms with Crippen LogP contribution in [0.1, 0.15) is 34.0 Å². The monoisotopic (exact) mass is 338 g/mol. The Morgan fingerprint density at radius 2 is 1.92 bits per heavy atom. The molecule has 0 bridgehead atoms. The highest BCUT2D eigenvalue weighted by atomic mass is 16.5. The summed E-state index contributed by atoms with van der Waals surface area (Å²) in [6.45, 7) is 3.69. The van der Waals surface area contributed by atoms with Crippen molar-refractivity contribution in [3.8, 4) is 5.75 Å². The van der Waals surface area contributed by atoms with E-state index in [2.05, 4.69) is 0 Å². The third-order valence-corrected chi connectivity index (χ3v) is 4.13. The van der Waals surface area contributed by atoms with Crippen molar-refractivity contribution in [2.24, 2.45) is 0 Å². The smallest absolute Gasteiger partial charge is 0.338 e. The molecule has 0 aliphatic heterocycles. The highest BCUT2D eigenvalue weighted by Crippen LogP contribution is 2.27. The molecule has 0 aliphatic carbocycles. The second kappa shape index (κ2) is 6.81. The number of hydrogen-bond acceptors (Lipinski definition) is 5. The molecule has 0 saturated carbocycles. The van der Waals surface area contributed by atoms with Crippen LogP contribution in [0.3, 0.4) is 0 Å². The fourth-order valence-corrected chi connectivity index (χ4v) is 2.73. The van der Waals surface area contributed by atoms with E-state index >= 15 is 0 Å². The fraction of sp³-hybridized carbons (Fsp3) is 0.200. The quantitative estimate of drug-likeness (QED) is 0.579. The van der Waals surface area contributed by atoms with Crippen molar-refractivity contribution in [3.63, 3.8) is 0 Å². The van der Waals surface area contributed by atoms with Gasteiger partial charge >= 0.3 is 11.6 Å². The number of fused-ring (bicyclic) bond motifs is 1. The molecule has 0 spiro atoms. The van der Waals surface area contributed by atoms with Gasteiger partial charge in [-0.25, -0.2) is 9.59 Å². The van der Waals surface area contributed by atoms with Crippen LogP contribution >= 0.6 is 0 Å². The molecule has 0 atom stereocenters. The minimum atomic E-state index is -0.557. The van der Waals surface area contributed by atoms with Crippen molar-refractivity contribution in [3.05, 3.63) is 75.1 Å². The van der Waals surface area contributed by atoms with Gasteiger partial charge in [0.25, 0.3) is 0 Å². The molecule has 5 heteroatoms. The lowest BCUT2D eigenvalue weighted by Crippen LogP contribution is -2.09. The van der Waals surface area contributed by atoms with Crippen molar-refractivity contribution in [2.45, 2.75) is 26.9 Å². The third kappa shape index (κ3) is 3.40. The Morgan fingerprint density at radius 3 is 2.64 bits per heavy atom. The molecule has 0 aliphatic rings. The van der Waals surface area contributed by atoms with E-state index in [1.807, 2.05) is 26.0 Å². The van der Waals surface area contributed by atoms with Gasteiger partial charge in [-0.2, -0.15) is 0 Å². The van der Waals surface area contributed by atoms with Gasteiger partial charge in [-0.3, -0.25) is 0 Å². The molecule has 2 aromatic carbocycles. The van der Waals surface area contributed by atoms with E-state index in [1.165, 1.54) is 12.1 Å². The zero-order valence-corrected chi connectivity index (χ0v) is 14.0. The number of carbonyl (C=O) groups excluding carboxylic acids is 1. The fourth-order valence-electron chi connectivity index (χ4n) is 2.73. The summed E-state index contributed by atoms with van der Waals surface area (Å²) >= 11 is 0. The maximum atomic E-state index is 12.3. The van der Waals surface area contributed by atoms with Crippen LogP contribution in [0.15, 0.2) is 51.7 Å².